The Hall–Kier alpha value is -4.65. The summed E-state index contributed by atoms with van der Waals surface area (Å²) in [6, 6.07) is 32.0. The number of hydrogen-bond donors (Lipinski definition) is 0. The molecule has 0 N–H and O–H groups in total. The average Bonchev–Trinajstić information content (AvgIpc) is 2.92. The Balaban J connectivity index is 1.69. The Morgan fingerprint density at radius 2 is 1.39 bits per heavy atom. The lowest BCUT2D eigenvalue weighted by atomic mass is 9.98. The number of carbonyl (C=O) groups is 1. The van der Waals surface area contributed by atoms with E-state index in [-0.39, 0.29) is 11.6 Å². The summed E-state index contributed by atoms with van der Waals surface area (Å²) in [5, 5.41) is 11.5. The van der Waals surface area contributed by atoms with Gasteiger partial charge >= 0.3 is 0 Å². The Morgan fingerprint density at radius 3 is 1.94 bits per heavy atom. The molecule has 0 radical (unpaired) electrons. The summed E-state index contributed by atoms with van der Waals surface area (Å²) in [4.78, 5) is 28.9. The van der Waals surface area contributed by atoms with Gasteiger partial charge in [-0.3, -0.25) is 14.9 Å². The van der Waals surface area contributed by atoms with Gasteiger partial charge in [0.05, 0.1) is 23.3 Å². The van der Waals surface area contributed by atoms with Crippen LogP contribution in [0.25, 0.3) is 0 Å². The minimum atomic E-state index is -0.466. The fraction of sp³-hybridized carbons (Fsp3) is 0.138. The van der Waals surface area contributed by atoms with Crippen LogP contribution in [0, 0.1) is 10.1 Å². The molecule has 4 aromatic rings. The zero-order chi connectivity index (χ0) is 25.1. The summed E-state index contributed by atoms with van der Waals surface area (Å²) >= 11 is 0. The number of non-ortho nitro benzene ring substituents is 1. The number of ether oxygens (including phenoxy) is 1. The summed E-state index contributed by atoms with van der Waals surface area (Å²) in [6.07, 6.45) is -0.433. The molecule has 1 atom stereocenters. The molecule has 7 heteroatoms. The van der Waals surface area contributed by atoms with Gasteiger partial charge in [-0.05, 0) is 34.9 Å². The van der Waals surface area contributed by atoms with Gasteiger partial charge in [0.1, 0.15) is 11.9 Å². The second-order valence-corrected chi connectivity index (χ2v) is 8.64. The third-order valence-electron chi connectivity index (χ3n) is 6.39. The molecule has 1 aliphatic rings. The van der Waals surface area contributed by atoms with Crippen LogP contribution in [-0.4, -0.2) is 22.8 Å². The lowest BCUT2D eigenvalue weighted by Gasteiger charge is -2.46. The molecule has 0 aliphatic carbocycles. The molecule has 0 fully saturated rings. The number of amides is 1. The molecule has 7 nitrogen and oxygen atoms in total. The van der Waals surface area contributed by atoms with E-state index in [0.29, 0.717) is 24.3 Å². The van der Waals surface area contributed by atoms with Crippen molar-refractivity contribution < 1.29 is 14.5 Å². The first-order valence-electron chi connectivity index (χ1n) is 11.6. The van der Waals surface area contributed by atoms with Crippen molar-refractivity contribution in [3.8, 4) is 5.75 Å². The van der Waals surface area contributed by atoms with Crippen LogP contribution in [-0.2, 0) is 13.1 Å². The highest BCUT2D eigenvalue weighted by Gasteiger charge is 2.39. The van der Waals surface area contributed by atoms with E-state index in [0.717, 1.165) is 22.4 Å². The molecule has 4 aromatic carbocycles. The van der Waals surface area contributed by atoms with Crippen LogP contribution >= 0.6 is 0 Å². The number of hydrogen-bond acceptors (Lipinski definition) is 5. The normalized spacial score (nSPS) is 14.9. The molecule has 1 aliphatic heterocycles. The highest BCUT2D eigenvalue weighted by Crippen LogP contribution is 2.42. The van der Waals surface area contributed by atoms with Crippen molar-refractivity contribution in [2.24, 2.45) is 0 Å². The van der Waals surface area contributed by atoms with Crippen LogP contribution < -0.4 is 9.64 Å². The summed E-state index contributed by atoms with van der Waals surface area (Å²) in [6.45, 7) is 0.866. The van der Waals surface area contributed by atoms with Gasteiger partial charge in [-0.25, -0.2) is 0 Å². The first-order valence-corrected chi connectivity index (χ1v) is 11.6. The third kappa shape index (κ3) is 4.51. The van der Waals surface area contributed by atoms with E-state index in [9.17, 15) is 14.9 Å². The molecule has 180 valence electrons. The second kappa shape index (κ2) is 9.92. The molecule has 0 unspecified atom stereocenters. The Labute approximate surface area is 209 Å². The van der Waals surface area contributed by atoms with Gasteiger partial charge in [0.2, 0.25) is 0 Å². The van der Waals surface area contributed by atoms with E-state index >= 15 is 0 Å². The van der Waals surface area contributed by atoms with E-state index in [1.807, 2.05) is 84.9 Å². The Kier molecular flexibility index (Phi) is 6.36. The monoisotopic (exact) mass is 479 g/mol. The van der Waals surface area contributed by atoms with Crippen LogP contribution in [0.4, 0.5) is 11.4 Å². The lowest BCUT2D eigenvalue weighted by Crippen LogP contribution is -2.48. The third-order valence-corrected chi connectivity index (χ3v) is 6.39. The van der Waals surface area contributed by atoms with Crippen molar-refractivity contribution in [3.05, 3.63) is 135 Å². The maximum absolute atomic E-state index is 14.0. The zero-order valence-corrected chi connectivity index (χ0v) is 19.8. The highest BCUT2D eigenvalue weighted by molar-refractivity contribution is 6.02. The lowest BCUT2D eigenvalue weighted by molar-refractivity contribution is -0.384. The van der Waals surface area contributed by atoms with Gasteiger partial charge in [0.15, 0.2) is 0 Å². The van der Waals surface area contributed by atoms with Crippen LogP contribution in [0.1, 0.15) is 33.2 Å². The number of nitro benzene ring substituents is 1. The molecule has 0 saturated heterocycles. The van der Waals surface area contributed by atoms with Gasteiger partial charge < -0.3 is 14.5 Å². The SMILES string of the molecule is COc1ccc([C@H]2N(Cc3ccccc3)C(=O)c3cc([N+](=O)[O-])ccc3N2Cc2ccccc2)cc1. The maximum Gasteiger partial charge on any atom is 0.270 e. The highest BCUT2D eigenvalue weighted by atomic mass is 16.6. The van der Waals surface area contributed by atoms with Crippen LogP contribution in [0.15, 0.2) is 103 Å². The number of carbonyl (C=O) groups excluding carboxylic acids is 1. The molecular formula is C29H25N3O4. The van der Waals surface area contributed by atoms with Crippen molar-refractivity contribution in [1.82, 2.24) is 4.90 Å². The van der Waals surface area contributed by atoms with Gasteiger partial charge in [-0.2, -0.15) is 0 Å². The van der Waals surface area contributed by atoms with Gasteiger partial charge in [-0.15, -0.1) is 0 Å². The van der Waals surface area contributed by atoms with Crippen molar-refractivity contribution in [3.63, 3.8) is 0 Å². The predicted octanol–water partition coefficient (Wildman–Crippen LogP) is 5.96. The van der Waals surface area contributed by atoms with Crippen molar-refractivity contribution in [2.45, 2.75) is 19.3 Å². The zero-order valence-electron chi connectivity index (χ0n) is 19.8. The smallest absolute Gasteiger partial charge is 0.270 e. The quantitative estimate of drug-likeness (QED) is 0.241. The molecule has 0 aromatic heterocycles. The van der Waals surface area contributed by atoms with Gasteiger partial charge in [-0.1, -0.05) is 72.8 Å². The van der Waals surface area contributed by atoms with Crippen molar-refractivity contribution in [1.29, 1.82) is 0 Å². The summed E-state index contributed by atoms with van der Waals surface area (Å²) < 4.78 is 5.36. The first-order chi connectivity index (χ1) is 17.5. The Morgan fingerprint density at radius 1 is 0.806 bits per heavy atom. The molecule has 1 amide bonds. The molecule has 0 saturated carbocycles. The van der Waals surface area contributed by atoms with Crippen LogP contribution in [0.2, 0.25) is 0 Å². The second-order valence-electron chi connectivity index (χ2n) is 8.64. The van der Waals surface area contributed by atoms with E-state index in [2.05, 4.69) is 4.90 Å². The molecule has 36 heavy (non-hydrogen) atoms. The predicted molar refractivity (Wildman–Crippen MR) is 138 cm³/mol. The number of fused-ring (bicyclic) bond motifs is 1. The standard InChI is InChI=1S/C29H25N3O4/c1-36-25-15-12-23(13-16-25)28-30(19-21-8-4-2-5-9-21)27-17-14-24(32(34)35)18-26(27)29(33)31(28)20-22-10-6-3-7-11-22/h2-18,28H,19-20H2,1H3/t28-/m1/s1. The van der Waals surface area contributed by atoms with Crippen LogP contribution in [0.5, 0.6) is 5.75 Å². The summed E-state index contributed by atoms with van der Waals surface area (Å²) in [5.74, 6) is 0.476. The number of rotatable bonds is 7. The fourth-order valence-corrected chi connectivity index (χ4v) is 4.65. The number of methoxy groups -OCH3 is 1. The number of nitro groups is 1. The molecular weight excluding hydrogens is 454 g/mol. The van der Waals surface area contributed by atoms with E-state index in [1.54, 1.807) is 18.1 Å². The molecule has 0 bridgehead atoms. The average molecular weight is 480 g/mol. The van der Waals surface area contributed by atoms with E-state index < -0.39 is 11.1 Å². The van der Waals surface area contributed by atoms with Crippen molar-refractivity contribution in [2.75, 3.05) is 12.0 Å². The summed E-state index contributed by atoms with van der Waals surface area (Å²) in [7, 11) is 1.62. The van der Waals surface area contributed by atoms with Gasteiger partial charge in [0, 0.05) is 25.2 Å². The molecule has 0 spiro atoms. The van der Waals surface area contributed by atoms with Gasteiger partial charge in [0.25, 0.3) is 11.6 Å². The fourth-order valence-electron chi connectivity index (χ4n) is 4.65. The molecule has 5 rings (SSSR count). The minimum absolute atomic E-state index is 0.107. The number of nitrogens with zero attached hydrogens (tertiary/aromatic N) is 3. The molecule has 1 heterocycles. The van der Waals surface area contributed by atoms with E-state index in [4.69, 9.17) is 4.74 Å². The number of benzene rings is 4. The van der Waals surface area contributed by atoms with Crippen molar-refractivity contribution >= 4 is 17.3 Å². The largest absolute Gasteiger partial charge is 0.497 e. The maximum atomic E-state index is 14.0. The summed E-state index contributed by atoms with van der Waals surface area (Å²) in [5.41, 5.74) is 3.83. The minimum Gasteiger partial charge on any atom is -0.497 e. The van der Waals surface area contributed by atoms with Crippen LogP contribution in [0.3, 0.4) is 0 Å². The Bertz CT molecular complexity index is 1380. The topological polar surface area (TPSA) is 75.9 Å². The first kappa shape index (κ1) is 23.1. The number of anilines is 1. The van der Waals surface area contributed by atoms with E-state index in [1.165, 1.54) is 12.1 Å².